The standard InChI is InChI=1S/C45H54N8O8/c1-22(2)37(50-44(56)59-7)42(54)52-20-23(3)15-35(52)41-47-32-13-11-26-17-31-29-12-10-27(16-28(29)21-61-36(31)18-30(26)39(32)49-41)33-19-46-40(48-33)34-14-9-24(4)53(34)43(55)38(25(5)58-6)51-45(57)60-8/h10-13,16-19,22-25,34-35,37-38H,9,14-15,20-21H2,1-8H3,(H,46,48)(H,47,49)(H,50,56)(H,51,57)/t23-,24-,25+,34-,35-,37-,38-/m0/s1. The van der Waals surface area contributed by atoms with Gasteiger partial charge in [0, 0.05) is 30.6 Å². The van der Waals surface area contributed by atoms with E-state index in [0.29, 0.717) is 31.2 Å². The molecule has 0 unspecified atom stereocenters. The van der Waals surface area contributed by atoms with Gasteiger partial charge < -0.3 is 49.3 Å². The molecule has 322 valence electrons. The molecule has 5 aromatic rings. The third kappa shape index (κ3) is 7.73. The minimum Gasteiger partial charge on any atom is -0.488 e. The monoisotopic (exact) mass is 834 g/mol. The van der Waals surface area contributed by atoms with Crippen LogP contribution in [-0.2, 0) is 30.4 Å². The zero-order valence-electron chi connectivity index (χ0n) is 35.8. The van der Waals surface area contributed by atoms with Crippen LogP contribution >= 0.6 is 0 Å². The first-order valence-corrected chi connectivity index (χ1v) is 20.9. The summed E-state index contributed by atoms with van der Waals surface area (Å²) in [4.78, 5) is 72.6. The number of ether oxygens (including phenoxy) is 4. The highest BCUT2D eigenvalue weighted by Gasteiger charge is 2.43. The summed E-state index contributed by atoms with van der Waals surface area (Å²) >= 11 is 0. The normalized spacial score (nSPS) is 21.1. The van der Waals surface area contributed by atoms with Gasteiger partial charge >= 0.3 is 12.2 Å². The van der Waals surface area contributed by atoms with Crippen LogP contribution in [0.4, 0.5) is 9.59 Å². The van der Waals surface area contributed by atoms with E-state index >= 15 is 0 Å². The maximum Gasteiger partial charge on any atom is 0.407 e. The summed E-state index contributed by atoms with van der Waals surface area (Å²) in [5.74, 6) is 1.85. The average Bonchev–Trinajstić information content (AvgIpc) is 4.08. The maximum atomic E-state index is 13.9. The lowest BCUT2D eigenvalue weighted by Gasteiger charge is -2.33. The number of H-pyrrole nitrogens is 2. The van der Waals surface area contributed by atoms with Crippen LogP contribution in [0.1, 0.15) is 83.2 Å². The lowest BCUT2D eigenvalue weighted by Crippen LogP contribution is -2.55. The number of alkyl carbamates (subject to hydrolysis) is 2. The smallest absolute Gasteiger partial charge is 0.407 e. The van der Waals surface area contributed by atoms with Crippen LogP contribution in [0, 0.1) is 11.8 Å². The number of aromatic amines is 2. The van der Waals surface area contributed by atoms with Gasteiger partial charge in [-0.25, -0.2) is 19.6 Å². The summed E-state index contributed by atoms with van der Waals surface area (Å²) in [6.45, 7) is 10.6. The molecule has 0 saturated carbocycles. The number of benzene rings is 3. The fraction of sp³-hybridized carbons (Fsp3) is 0.467. The Morgan fingerprint density at radius 2 is 1.61 bits per heavy atom. The first kappa shape index (κ1) is 41.6. The summed E-state index contributed by atoms with van der Waals surface area (Å²) in [6, 6.07) is 12.3. The Morgan fingerprint density at radius 3 is 2.33 bits per heavy atom. The minimum atomic E-state index is -0.926. The summed E-state index contributed by atoms with van der Waals surface area (Å²) in [5.41, 5.74) is 6.51. The Balaban J connectivity index is 1.04. The number of carbonyl (C=O) groups is 4. The molecule has 3 aliphatic heterocycles. The van der Waals surface area contributed by atoms with Crippen molar-refractivity contribution in [3.63, 3.8) is 0 Å². The van der Waals surface area contributed by atoms with E-state index in [1.165, 1.54) is 21.3 Å². The number of imidazole rings is 2. The molecule has 2 aromatic heterocycles. The number of hydrogen-bond donors (Lipinski definition) is 4. The van der Waals surface area contributed by atoms with Crippen LogP contribution in [0.5, 0.6) is 5.75 Å². The van der Waals surface area contributed by atoms with Gasteiger partial charge in [0.2, 0.25) is 11.8 Å². The minimum absolute atomic E-state index is 0.0708. The molecular formula is C45H54N8O8. The molecule has 7 atom stereocenters. The van der Waals surface area contributed by atoms with Crippen molar-refractivity contribution >= 4 is 45.8 Å². The summed E-state index contributed by atoms with van der Waals surface area (Å²) in [6.07, 6.45) is 2.12. The Kier molecular flexibility index (Phi) is 11.4. The molecule has 2 fully saturated rings. The van der Waals surface area contributed by atoms with Gasteiger partial charge in [0.05, 0.1) is 55.3 Å². The Morgan fingerprint density at radius 1 is 0.852 bits per heavy atom. The van der Waals surface area contributed by atoms with E-state index in [9.17, 15) is 19.2 Å². The van der Waals surface area contributed by atoms with Crippen LogP contribution in [-0.4, -0.2) is 106 Å². The van der Waals surface area contributed by atoms with Crippen molar-refractivity contribution in [2.75, 3.05) is 27.9 Å². The number of fused-ring (bicyclic) bond motifs is 6. The van der Waals surface area contributed by atoms with E-state index in [1.807, 2.05) is 31.7 Å². The fourth-order valence-electron chi connectivity index (χ4n) is 9.20. The molecule has 0 spiro atoms. The molecule has 8 rings (SSSR count). The van der Waals surface area contributed by atoms with Gasteiger partial charge in [0.1, 0.15) is 36.1 Å². The molecule has 0 bridgehead atoms. The second kappa shape index (κ2) is 16.7. The zero-order valence-corrected chi connectivity index (χ0v) is 35.8. The highest BCUT2D eigenvalue weighted by molar-refractivity contribution is 6.07. The van der Waals surface area contributed by atoms with Gasteiger partial charge in [-0.2, -0.15) is 0 Å². The highest BCUT2D eigenvalue weighted by Crippen LogP contribution is 2.44. The number of likely N-dealkylation sites (tertiary alicyclic amines) is 2. The second-order valence-electron chi connectivity index (χ2n) is 16.9. The maximum absolute atomic E-state index is 13.9. The molecule has 3 aliphatic rings. The number of rotatable bonds is 10. The Hall–Kier alpha value is -6.16. The predicted octanol–water partition coefficient (Wildman–Crippen LogP) is 6.77. The molecule has 61 heavy (non-hydrogen) atoms. The van der Waals surface area contributed by atoms with Gasteiger partial charge in [-0.05, 0) is 91.3 Å². The van der Waals surface area contributed by atoms with Gasteiger partial charge in [0.25, 0.3) is 0 Å². The second-order valence-corrected chi connectivity index (χ2v) is 16.9. The van der Waals surface area contributed by atoms with Crippen molar-refractivity contribution in [3.05, 3.63) is 65.9 Å². The van der Waals surface area contributed by atoms with E-state index in [2.05, 4.69) is 63.9 Å². The van der Waals surface area contributed by atoms with Crippen LogP contribution in [0.3, 0.4) is 0 Å². The quantitative estimate of drug-likeness (QED) is 0.117. The molecule has 0 radical (unpaired) electrons. The summed E-state index contributed by atoms with van der Waals surface area (Å²) in [5, 5.41) is 7.37. The van der Waals surface area contributed by atoms with Crippen LogP contribution in [0.25, 0.3) is 44.2 Å². The molecule has 4 N–H and O–H groups in total. The first-order valence-electron chi connectivity index (χ1n) is 20.9. The SMILES string of the molecule is COC(=O)N[C@H](C(=O)N1C[C@@H](C)C[C@H]1c1nc2ccc3cc4c(cc3c2[nH]1)OCc1cc(-c2cnc([C@@H]3CC[C@H](C)N3C(=O)[C@@H](NC(=O)OC)[C@@H](C)OC)[nH]2)ccc1-4)C(C)C. The average molecular weight is 835 g/mol. The summed E-state index contributed by atoms with van der Waals surface area (Å²) < 4.78 is 21.5. The topological polar surface area (TPSA) is 193 Å². The van der Waals surface area contributed by atoms with E-state index in [1.54, 1.807) is 18.0 Å². The number of methoxy groups -OCH3 is 3. The van der Waals surface area contributed by atoms with E-state index in [-0.39, 0.29) is 41.8 Å². The molecular weight excluding hydrogens is 781 g/mol. The van der Waals surface area contributed by atoms with Crippen molar-refractivity contribution < 1.29 is 38.1 Å². The van der Waals surface area contributed by atoms with Crippen LogP contribution < -0.4 is 15.4 Å². The van der Waals surface area contributed by atoms with E-state index in [0.717, 1.165) is 68.3 Å². The third-order valence-electron chi connectivity index (χ3n) is 12.6. The van der Waals surface area contributed by atoms with Crippen molar-refractivity contribution in [2.24, 2.45) is 11.8 Å². The van der Waals surface area contributed by atoms with E-state index < -0.39 is 30.4 Å². The molecule has 16 heteroatoms. The number of carbonyl (C=O) groups excluding carboxylic acids is 4. The van der Waals surface area contributed by atoms with Crippen LogP contribution in [0.2, 0.25) is 0 Å². The molecule has 4 amide bonds. The van der Waals surface area contributed by atoms with Crippen molar-refractivity contribution in [2.45, 2.75) is 96.8 Å². The van der Waals surface area contributed by atoms with Crippen molar-refractivity contribution in [1.82, 2.24) is 40.4 Å². The molecule has 16 nitrogen and oxygen atoms in total. The molecule has 5 heterocycles. The van der Waals surface area contributed by atoms with Crippen molar-refractivity contribution in [3.8, 4) is 28.1 Å². The van der Waals surface area contributed by atoms with Gasteiger partial charge in [0.15, 0.2) is 0 Å². The lowest BCUT2D eigenvalue weighted by molar-refractivity contribution is -0.139. The number of nitrogens with zero attached hydrogens (tertiary/aromatic N) is 4. The number of aromatic nitrogens is 4. The number of amides is 4. The van der Waals surface area contributed by atoms with Crippen molar-refractivity contribution in [1.29, 1.82) is 0 Å². The first-order chi connectivity index (χ1) is 29.3. The van der Waals surface area contributed by atoms with E-state index in [4.69, 9.17) is 28.9 Å². The Bertz CT molecular complexity index is 2500. The van der Waals surface area contributed by atoms with Gasteiger partial charge in [-0.3, -0.25) is 9.59 Å². The fourth-order valence-corrected chi connectivity index (χ4v) is 9.20. The summed E-state index contributed by atoms with van der Waals surface area (Å²) in [7, 11) is 4.05. The molecule has 2 saturated heterocycles. The molecule has 3 aromatic carbocycles. The zero-order chi connectivity index (χ0) is 43.3. The molecule has 0 aliphatic carbocycles. The lowest BCUT2D eigenvalue weighted by atomic mass is 9.92. The van der Waals surface area contributed by atoms with Gasteiger partial charge in [-0.1, -0.05) is 39.0 Å². The largest absolute Gasteiger partial charge is 0.488 e. The number of nitrogens with one attached hydrogen (secondary N) is 4. The predicted molar refractivity (Wildman–Crippen MR) is 227 cm³/mol. The Labute approximate surface area is 354 Å². The number of hydrogen-bond acceptors (Lipinski definition) is 10. The third-order valence-corrected chi connectivity index (χ3v) is 12.6. The van der Waals surface area contributed by atoms with Gasteiger partial charge in [-0.15, -0.1) is 0 Å². The van der Waals surface area contributed by atoms with Crippen LogP contribution in [0.15, 0.2) is 48.7 Å². The highest BCUT2D eigenvalue weighted by atomic mass is 16.5.